The van der Waals surface area contributed by atoms with Gasteiger partial charge < -0.3 is 9.64 Å². The molecule has 0 radical (unpaired) electrons. The highest BCUT2D eigenvalue weighted by atomic mass is 35.5. The van der Waals surface area contributed by atoms with Crippen LogP contribution in [0.3, 0.4) is 0 Å². The molecule has 3 aromatic rings. The zero-order valence-corrected chi connectivity index (χ0v) is 17.7. The van der Waals surface area contributed by atoms with Crippen molar-refractivity contribution in [3.05, 3.63) is 88.2 Å². The average molecular weight is 461 g/mol. The molecule has 0 fully saturated rings. The van der Waals surface area contributed by atoms with Gasteiger partial charge in [0.1, 0.15) is 29.2 Å². The van der Waals surface area contributed by atoms with Crippen LogP contribution in [0, 0.1) is 17.5 Å². The number of hydrogen-bond acceptors (Lipinski definition) is 3. The van der Waals surface area contributed by atoms with Gasteiger partial charge in [0.05, 0.1) is 17.8 Å². The molecule has 0 spiro atoms. The Kier molecular flexibility index (Phi) is 5.56. The SMILES string of the molecule is COc1ccc(N2C(=O)c3cc(F)ccc3C2C(=O)N(C)c2cc(Cl)c(F)cc2F)cc1. The topological polar surface area (TPSA) is 49.9 Å². The zero-order chi connectivity index (χ0) is 23.2. The van der Waals surface area contributed by atoms with Gasteiger partial charge in [0, 0.05) is 24.4 Å². The first-order chi connectivity index (χ1) is 15.2. The third-order valence-electron chi connectivity index (χ3n) is 5.28. The Morgan fingerprint density at radius 2 is 1.72 bits per heavy atom. The van der Waals surface area contributed by atoms with E-state index in [0.29, 0.717) is 17.5 Å². The molecule has 0 saturated heterocycles. The Hall–Kier alpha value is -3.52. The Morgan fingerprint density at radius 1 is 1.03 bits per heavy atom. The van der Waals surface area contributed by atoms with Crippen LogP contribution >= 0.6 is 11.6 Å². The molecule has 4 rings (SSSR count). The summed E-state index contributed by atoms with van der Waals surface area (Å²) in [5, 5.41) is -0.363. The number of carbonyl (C=O) groups excluding carboxylic acids is 2. The van der Waals surface area contributed by atoms with Crippen molar-refractivity contribution in [3.8, 4) is 5.75 Å². The van der Waals surface area contributed by atoms with Gasteiger partial charge in [0.25, 0.3) is 11.8 Å². The molecule has 0 N–H and O–H groups in total. The van der Waals surface area contributed by atoms with Crippen molar-refractivity contribution in [3.63, 3.8) is 0 Å². The van der Waals surface area contributed by atoms with Gasteiger partial charge in [-0.3, -0.25) is 14.5 Å². The minimum Gasteiger partial charge on any atom is -0.497 e. The molecule has 1 aliphatic heterocycles. The highest BCUT2D eigenvalue weighted by Gasteiger charge is 2.44. The average Bonchev–Trinajstić information content (AvgIpc) is 3.07. The van der Waals surface area contributed by atoms with Crippen LogP contribution in [0.25, 0.3) is 0 Å². The monoisotopic (exact) mass is 460 g/mol. The van der Waals surface area contributed by atoms with E-state index in [1.54, 1.807) is 24.3 Å². The predicted octanol–water partition coefficient (Wildman–Crippen LogP) is 5.13. The van der Waals surface area contributed by atoms with Gasteiger partial charge in [0.15, 0.2) is 0 Å². The second kappa shape index (κ2) is 8.20. The number of halogens is 4. The third kappa shape index (κ3) is 3.56. The first kappa shape index (κ1) is 21.7. The maximum absolute atomic E-state index is 14.4. The summed E-state index contributed by atoms with van der Waals surface area (Å²) in [6, 6.07) is 10.3. The van der Waals surface area contributed by atoms with Crippen molar-refractivity contribution in [1.82, 2.24) is 0 Å². The van der Waals surface area contributed by atoms with E-state index in [2.05, 4.69) is 0 Å². The minimum atomic E-state index is -1.21. The Bertz CT molecular complexity index is 1230. The largest absolute Gasteiger partial charge is 0.497 e. The van der Waals surface area contributed by atoms with Crippen molar-refractivity contribution in [1.29, 1.82) is 0 Å². The Morgan fingerprint density at radius 3 is 2.38 bits per heavy atom. The molecule has 1 unspecified atom stereocenters. The highest BCUT2D eigenvalue weighted by molar-refractivity contribution is 6.31. The van der Waals surface area contributed by atoms with Gasteiger partial charge in [-0.15, -0.1) is 0 Å². The fourth-order valence-electron chi connectivity index (χ4n) is 3.66. The minimum absolute atomic E-state index is 0.0187. The number of fused-ring (bicyclic) bond motifs is 1. The smallest absolute Gasteiger partial charge is 0.259 e. The Balaban J connectivity index is 1.81. The van der Waals surface area contributed by atoms with Gasteiger partial charge in [-0.1, -0.05) is 17.7 Å². The molecule has 0 saturated carbocycles. The molecule has 9 heteroatoms. The normalized spacial score (nSPS) is 15.0. The molecule has 1 atom stereocenters. The number of rotatable bonds is 4. The summed E-state index contributed by atoms with van der Waals surface area (Å²) < 4.78 is 47.0. The number of likely N-dealkylation sites (N-methyl/N-ethyl adjacent to an activating group) is 1. The van der Waals surface area contributed by atoms with Gasteiger partial charge in [-0.2, -0.15) is 0 Å². The number of benzene rings is 3. The first-order valence-corrected chi connectivity index (χ1v) is 9.80. The summed E-state index contributed by atoms with van der Waals surface area (Å²) in [6.07, 6.45) is 0. The van der Waals surface area contributed by atoms with Crippen LogP contribution in [0.4, 0.5) is 24.5 Å². The fraction of sp³-hybridized carbons (Fsp3) is 0.130. The van der Waals surface area contributed by atoms with Gasteiger partial charge in [-0.25, -0.2) is 13.2 Å². The molecular weight excluding hydrogens is 445 g/mol. The maximum atomic E-state index is 14.4. The van der Waals surface area contributed by atoms with Crippen LogP contribution in [0.1, 0.15) is 22.0 Å². The van der Waals surface area contributed by atoms with E-state index >= 15 is 0 Å². The van der Waals surface area contributed by atoms with Crippen LogP contribution in [0.15, 0.2) is 54.6 Å². The lowest BCUT2D eigenvalue weighted by Gasteiger charge is -2.29. The molecule has 5 nitrogen and oxygen atoms in total. The molecule has 1 heterocycles. The zero-order valence-electron chi connectivity index (χ0n) is 16.9. The first-order valence-electron chi connectivity index (χ1n) is 9.42. The molecule has 1 aliphatic rings. The summed E-state index contributed by atoms with van der Waals surface area (Å²) in [5.41, 5.74) is 0.374. The van der Waals surface area contributed by atoms with E-state index in [1.807, 2.05) is 0 Å². The number of amides is 2. The second-order valence-corrected chi connectivity index (χ2v) is 7.53. The summed E-state index contributed by atoms with van der Waals surface area (Å²) in [6.45, 7) is 0. The summed E-state index contributed by atoms with van der Waals surface area (Å²) in [7, 11) is 2.77. The lowest BCUT2D eigenvalue weighted by molar-refractivity contribution is -0.119. The summed E-state index contributed by atoms with van der Waals surface area (Å²) in [5.74, 6) is -3.35. The second-order valence-electron chi connectivity index (χ2n) is 7.12. The molecule has 164 valence electrons. The lowest BCUT2D eigenvalue weighted by Crippen LogP contribution is -2.40. The quantitative estimate of drug-likeness (QED) is 0.507. The molecule has 32 heavy (non-hydrogen) atoms. The Labute approximate surface area is 186 Å². The summed E-state index contributed by atoms with van der Waals surface area (Å²) >= 11 is 5.77. The van der Waals surface area contributed by atoms with E-state index in [1.165, 1.54) is 25.1 Å². The van der Waals surface area contributed by atoms with E-state index in [9.17, 15) is 22.8 Å². The molecule has 0 aliphatic carbocycles. The van der Waals surface area contributed by atoms with Crippen molar-refractivity contribution < 1.29 is 27.5 Å². The van der Waals surface area contributed by atoms with E-state index in [-0.39, 0.29) is 21.8 Å². The van der Waals surface area contributed by atoms with Crippen molar-refractivity contribution in [2.75, 3.05) is 24.0 Å². The van der Waals surface area contributed by atoms with Crippen LogP contribution in [0.2, 0.25) is 5.02 Å². The van der Waals surface area contributed by atoms with Crippen LogP contribution in [-0.4, -0.2) is 26.0 Å². The van der Waals surface area contributed by atoms with E-state index in [0.717, 1.165) is 23.1 Å². The van der Waals surface area contributed by atoms with Crippen LogP contribution in [0.5, 0.6) is 5.75 Å². The van der Waals surface area contributed by atoms with Gasteiger partial charge >= 0.3 is 0 Å². The van der Waals surface area contributed by atoms with Crippen molar-refractivity contribution >= 4 is 34.8 Å². The van der Waals surface area contributed by atoms with Crippen molar-refractivity contribution in [2.24, 2.45) is 0 Å². The van der Waals surface area contributed by atoms with Gasteiger partial charge in [0.2, 0.25) is 0 Å². The molecule has 0 bridgehead atoms. The fourth-order valence-corrected chi connectivity index (χ4v) is 3.82. The number of methoxy groups -OCH3 is 1. The van der Waals surface area contributed by atoms with Crippen molar-refractivity contribution in [2.45, 2.75) is 6.04 Å². The number of anilines is 2. The molecule has 0 aromatic heterocycles. The highest BCUT2D eigenvalue weighted by Crippen LogP contribution is 2.40. The number of hydrogen-bond donors (Lipinski definition) is 0. The van der Waals surface area contributed by atoms with Crippen LogP contribution in [-0.2, 0) is 4.79 Å². The van der Waals surface area contributed by atoms with E-state index < -0.39 is 35.3 Å². The predicted molar refractivity (Wildman–Crippen MR) is 114 cm³/mol. The standard InChI is InChI=1S/C23H16ClF3N2O3/c1-28(20-10-17(24)18(26)11-19(20)27)23(31)21-15-8-3-12(25)9-16(15)22(30)29(21)13-4-6-14(32-2)7-5-13/h3-11,21H,1-2H3. The molecule has 3 aromatic carbocycles. The number of carbonyl (C=O) groups is 2. The molecular formula is C23H16ClF3N2O3. The maximum Gasteiger partial charge on any atom is 0.259 e. The van der Waals surface area contributed by atoms with E-state index in [4.69, 9.17) is 16.3 Å². The number of ether oxygens (including phenoxy) is 1. The molecule has 2 amide bonds. The third-order valence-corrected chi connectivity index (χ3v) is 5.57. The number of nitrogens with zero attached hydrogens (tertiary/aromatic N) is 2. The summed E-state index contributed by atoms with van der Waals surface area (Å²) in [4.78, 5) is 28.8. The van der Waals surface area contributed by atoms with Gasteiger partial charge in [-0.05, 0) is 48.0 Å². The lowest BCUT2D eigenvalue weighted by atomic mass is 10.0. The van der Waals surface area contributed by atoms with Crippen LogP contribution < -0.4 is 14.5 Å².